The van der Waals surface area contributed by atoms with Crippen LogP contribution in [-0.4, -0.2) is 22.3 Å². The van der Waals surface area contributed by atoms with Crippen LogP contribution in [0, 0.1) is 5.41 Å². The van der Waals surface area contributed by atoms with Crippen molar-refractivity contribution in [1.82, 2.24) is 0 Å². The van der Waals surface area contributed by atoms with Crippen molar-refractivity contribution in [3.63, 3.8) is 0 Å². The second-order valence-corrected chi connectivity index (χ2v) is 4.23. The number of carbonyl (C=O) groups is 1. The monoisotopic (exact) mass is 208 g/mol. The van der Waals surface area contributed by atoms with Crippen LogP contribution in [-0.2, 0) is 11.2 Å². The highest BCUT2D eigenvalue weighted by Gasteiger charge is 2.35. The molecule has 1 atom stereocenters. The van der Waals surface area contributed by atoms with Crippen molar-refractivity contribution in [2.24, 2.45) is 5.41 Å². The molecule has 0 bridgehead atoms. The second kappa shape index (κ2) is 4.45. The van der Waals surface area contributed by atoms with E-state index in [1.54, 1.807) is 0 Å². The van der Waals surface area contributed by atoms with Crippen molar-refractivity contribution in [1.29, 1.82) is 0 Å². The number of carboxylic acids is 1. The molecule has 0 aliphatic carbocycles. The van der Waals surface area contributed by atoms with E-state index in [2.05, 4.69) is 0 Å². The number of aliphatic hydroxyl groups is 1. The minimum Gasteiger partial charge on any atom is -0.481 e. The van der Waals surface area contributed by atoms with Gasteiger partial charge < -0.3 is 10.2 Å². The van der Waals surface area contributed by atoms with Gasteiger partial charge in [0.25, 0.3) is 0 Å². The third-order valence-electron chi connectivity index (χ3n) is 2.66. The predicted octanol–water partition coefficient (Wildman–Crippen LogP) is 1.70. The minimum atomic E-state index is -1.12. The molecule has 0 amide bonds. The zero-order valence-electron chi connectivity index (χ0n) is 8.97. The summed E-state index contributed by atoms with van der Waals surface area (Å²) >= 11 is 0. The van der Waals surface area contributed by atoms with Crippen molar-refractivity contribution in [2.45, 2.75) is 26.4 Å². The Labute approximate surface area is 89.4 Å². The molecule has 0 spiro atoms. The van der Waals surface area contributed by atoms with Gasteiger partial charge in [-0.1, -0.05) is 30.3 Å². The van der Waals surface area contributed by atoms with Gasteiger partial charge in [-0.05, 0) is 25.8 Å². The summed E-state index contributed by atoms with van der Waals surface area (Å²) in [4.78, 5) is 10.9. The van der Waals surface area contributed by atoms with E-state index >= 15 is 0 Å². The summed E-state index contributed by atoms with van der Waals surface area (Å²) < 4.78 is 0. The Bertz CT molecular complexity index is 330. The minimum absolute atomic E-state index is 0.361. The van der Waals surface area contributed by atoms with Gasteiger partial charge in [-0.25, -0.2) is 0 Å². The summed E-state index contributed by atoms with van der Waals surface area (Å²) in [5.74, 6) is -0.981. The smallest absolute Gasteiger partial charge is 0.311 e. The predicted molar refractivity (Wildman–Crippen MR) is 57.6 cm³/mol. The molecule has 1 aromatic rings. The number of hydrogen-bond donors (Lipinski definition) is 2. The summed E-state index contributed by atoms with van der Waals surface area (Å²) in [5.41, 5.74) is -0.171. The first-order chi connectivity index (χ1) is 6.94. The molecule has 0 saturated carbocycles. The van der Waals surface area contributed by atoms with Crippen LogP contribution in [0.1, 0.15) is 19.4 Å². The van der Waals surface area contributed by atoms with Gasteiger partial charge in [0.2, 0.25) is 0 Å². The highest BCUT2D eigenvalue weighted by atomic mass is 16.4. The molecule has 3 heteroatoms. The molecule has 3 nitrogen and oxygen atoms in total. The van der Waals surface area contributed by atoms with E-state index in [0.717, 1.165) is 5.56 Å². The van der Waals surface area contributed by atoms with Crippen LogP contribution >= 0.6 is 0 Å². The number of carboxylic acid groups (broad SMARTS) is 1. The molecule has 0 saturated heterocycles. The lowest BCUT2D eigenvalue weighted by Crippen LogP contribution is -2.38. The Morgan fingerprint density at radius 1 is 1.33 bits per heavy atom. The maximum absolute atomic E-state index is 10.9. The molecule has 1 unspecified atom stereocenters. The van der Waals surface area contributed by atoms with Crippen molar-refractivity contribution in [3.8, 4) is 0 Å². The topological polar surface area (TPSA) is 57.5 Å². The Balaban J connectivity index is 2.72. The Morgan fingerprint density at radius 2 is 1.87 bits per heavy atom. The van der Waals surface area contributed by atoms with Gasteiger partial charge in [0.1, 0.15) is 0 Å². The van der Waals surface area contributed by atoms with Gasteiger partial charge in [0, 0.05) is 0 Å². The van der Waals surface area contributed by atoms with E-state index in [-0.39, 0.29) is 0 Å². The van der Waals surface area contributed by atoms with Gasteiger partial charge in [-0.15, -0.1) is 0 Å². The highest BCUT2D eigenvalue weighted by Crippen LogP contribution is 2.23. The fraction of sp³-hybridized carbons (Fsp3) is 0.417. The lowest BCUT2D eigenvalue weighted by molar-refractivity contribution is -0.153. The quantitative estimate of drug-likeness (QED) is 0.791. The molecule has 0 aromatic heterocycles. The number of hydrogen-bond acceptors (Lipinski definition) is 2. The molecule has 0 radical (unpaired) electrons. The average Bonchev–Trinajstić information content (AvgIpc) is 2.18. The molecule has 0 heterocycles. The molecule has 1 rings (SSSR count). The number of aliphatic hydroxyl groups excluding tert-OH is 1. The number of rotatable bonds is 4. The molecule has 0 aliphatic heterocycles. The third-order valence-corrected chi connectivity index (χ3v) is 2.66. The summed E-state index contributed by atoms with van der Waals surface area (Å²) in [6, 6.07) is 9.38. The Hall–Kier alpha value is -1.35. The zero-order chi connectivity index (χ0) is 11.5. The van der Waals surface area contributed by atoms with Crippen LogP contribution in [0.4, 0.5) is 0 Å². The first-order valence-electron chi connectivity index (χ1n) is 4.90. The van der Waals surface area contributed by atoms with Crippen LogP contribution in [0.25, 0.3) is 0 Å². The van der Waals surface area contributed by atoms with E-state index in [0.29, 0.717) is 6.42 Å². The standard InChI is InChI=1S/C12H16O3/c1-12(2,11(14)15)10(13)8-9-6-4-3-5-7-9/h3-7,10,13H,8H2,1-2H3,(H,14,15). The fourth-order valence-corrected chi connectivity index (χ4v) is 1.24. The van der Waals surface area contributed by atoms with Gasteiger partial charge in [0.15, 0.2) is 0 Å². The molecule has 1 aromatic carbocycles. The normalized spacial score (nSPS) is 13.5. The molecule has 15 heavy (non-hydrogen) atoms. The highest BCUT2D eigenvalue weighted by molar-refractivity contribution is 5.74. The van der Waals surface area contributed by atoms with Gasteiger partial charge >= 0.3 is 5.97 Å². The van der Waals surface area contributed by atoms with E-state index < -0.39 is 17.5 Å². The molecule has 82 valence electrons. The molecule has 2 N–H and O–H groups in total. The van der Waals surface area contributed by atoms with Crippen LogP contribution in [0.3, 0.4) is 0 Å². The first-order valence-corrected chi connectivity index (χ1v) is 4.90. The zero-order valence-corrected chi connectivity index (χ0v) is 8.97. The fourth-order valence-electron chi connectivity index (χ4n) is 1.24. The number of benzene rings is 1. The summed E-state index contributed by atoms with van der Waals surface area (Å²) in [7, 11) is 0. The van der Waals surface area contributed by atoms with Crippen molar-refractivity contribution in [3.05, 3.63) is 35.9 Å². The van der Waals surface area contributed by atoms with Crippen LogP contribution < -0.4 is 0 Å². The summed E-state index contributed by atoms with van der Waals surface area (Å²) in [6.45, 7) is 3.06. The van der Waals surface area contributed by atoms with Crippen molar-refractivity contribution >= 4 is 5.97 Å². The summed E-state index contributed by atoms with van der Waals surface area (Å²) in [6.07, 6.45) is -0.516. The summed E-state index contributed by atoms with van der Waals surface area (Å²) in [5, 5.41) is 18.7. The SMILES string of the molecule is CC(C)(C(=O)O)C(O)Cc1ccccc1. The maximum Gasteiger partial charge on any atom is 0.311 e. The lowest BCUT2D eigenvalue weighted by atomic mass is 9.83. The van der Waals surface area contributed by atoms with Crippen molar-refractivity contribution < 1.29 is 15.0 Å². The van der Waals surface area contributed by atoms with E-state index in [4.69, 9.17) is 5.11 Å². The van der Waals surface area contributed by atoms with Gasteiger partial charge in [-0.2, -0.15) is 0 Å². The van der Waals surface area contributed by atoms with E-state index in [9.17, 15) is 9.90 Å². The third kappa shape index (κ3) is 2.80. The second-order valence-electron chi connectivity index (χ2n) is 4.23. The average molecular weight is 208 g/mol. The molecule has 0 fully saturated rings. The van der Waals surface area contributed by atoms with E-state index in [1.165, 1.54) is 13.8 Å². The largest absolute Gasteiger partial charge is 0.481 e. The lowest BCUT2D eigenvalue weighted by Gasteiger charge is -2.25. The van der Waals surface area contributed by atoms with Crippen LogP contribution in [0.15, 0.2) is 30.3 Å². The molecule has 0 aliphatic rings. The van der Waals surface area contributed by atoms with E-state index in [1.807, 2.05) is 30.3 Å². The molecular weight excluding hydrogens is 192 g/mol. The molecular formula is C12H16O3. The number of aliphatic carboxylic acids is 1. The van der Waals surface area contributed by atoms with Crippen LogP contribution in [0.2, 0.25) is 0 Å². The van der Waals surface area contributed by atoms with Gasteiger partial charge in [0.05, 0.1) is 11.5 Å². The Kier molecular flexibility index (Phi) is 3.48. The van der Waals surface area contributed by atoms with Crippen molar-refractivity contribution in [2.75, 3.05) is 0 Å². The maximum atomic E-state index is 10.9. The Morgan fingerprint density at radius 3 is 2.33 bits per heavy atom. The first kappa shape index (κ1) is 11.7. The van der Waals surface area contributed by atoms with Crippen LogP contribution in [0.5, 0.6) is 0 Å². The van der Waals surface area contributed by atoms with Gasteiger partial charge in [-0.3, -0.25) is 4.79 Å².